The van der Waals surface area contributed by atoms with Crippen LogP contribution < -0.4 is 5.32 Å². The SMILES string of the molecule is C=C(CC(=O)NCCCCCCCCCCCC)[N+](C)(C)CCCCCCCCCC. The van der Waals surface area contributed by atoms with Gasteiger partial charge in [-0.2, -0.15) is 0 Å². The number of amides is 1. The van der Waals surface area contributed by atoms with Gasteiger partial charge in [0.1, 0.15) is 12.1 Å². The molecule has 0 atom stereocenters. The van der Waals surface area contributed by atoms with E-state index in [1.807, 2.05) is 0 Å². The van der Waals surface area contributed by atoms with Crippen molar-refractivity contribution in [2.45, 2.75) is 136 Å². The molecule has 0 aliphatic carbocycles. The molecule has 1 N–H and O–H groups in total. The predicted octanol–water partition coefficient (Wildman–Crippen LogP) is 8.14. The van der Waals surface area contributed by atoms with E-state index in [1.54, 1.807) is 0 Å². The van der Waals surface area contributed by atoms with Crippen molar-refractivity contribution in [3.63, 3.8) is 0 Å². The maximum atomic E-state index is 12.3. The lowest BCUT2D eigenvalue weighted by atomic mass is 10.1. The lowest BCUT2D eigenvalue weighted by Crippen LogP contribution is -2.41. The van der Waals surface area contributed by atoms with Gasteiger partial charge >= 0.3 is 0 Å². The first-order valence-corrected chi connectivity index (χ1v) is 13.7. The quantitative estimate of drug-likeness (QED) is 0.127. The highest BCUT2D eigenvalue weighted by atomic mass is 16.1. The Bertz CT molecular complexity index is 431. The van der Waals surface area contributed by atoms with Crippen molar-refractivity contribution in [1.29, 1.82) is 0 Å². The van der Waals surface area contributed by atoms with E-state index in [4.69, 9.17) is 0 Å². The van der Waals surface area contributed by atoms with Crippen LogP contribution in [0.2, 0.25) is 0 Å². The molecule has 0 saturated carbocycles. The molecule has 3 nitrogen and oxygen atoms in total. The second-order valence-electron chi connectivity index (χ2n) is 10.2. The third-order valence-corrected chi connectivity index (χ3v) is 6.64. The molecule has 0 rings (SSSR count). The average Bonchev–Trinajstić information content (AvgIpc) is 2.73. The van der Waals surface area contributed by atoms with Crippen LogP contribution in [0.5, 0.6) is 0 Å². The van der Waals surface area contributed by atoms with Crippen LogP contribution in [0.15, 0.2) is 12.3 Å². The first kappa shape index (κ1) is 30.2. The van der Waals surface area contributed by atoms with Gasteiger partial charge in [-0.3, -0.25) is 9.28 Å². The van der Waals surface area contributed by atoms with E-state index in [1.165, 1.54) is 109 Å². The van der Waals surface area contributed by atoms with Crippen molar-refractivity contribution in [1.82, 2.24) is 5.32 Å². The minimum Gasteiger partial charge on any atom is -0.356 e. The standard InChI is InChI=1S/C28H56N2O/c1-6-8-10-12-14-16-17-18-20-22-24-29-28(31)26-27(3)30(4,5)25-23-21-19-15-13-11-9-7-2/h3,6-26H2,1-2,4-5H3/p+1. The van der Waals surface area contributed by atoms with Gasteiger partial charge < -0.3 is 5.32 Å². The molecule has 0 saturated heterocycles. The van der Waals surface area contributed by atoms with Crippen LogP contribution in [0, 0.1) is 0 Å². The van der Waals surface area contributed by atoms with Crippen molar-refractivity contribution in [3.05, 3.63) is 12.3 Å². The number of carbonyl (C=O) groups excluding carboxylic acids is 1. The number of unbranched alkanes of at least 4 members (excludes halogenated alkanes) is 16. The minimum atomic E-state index is 0.142. The van der Waals surface area contributed by atoms with Gasteiger partial charge in [-0.25, -0.2) is 0 Å². The topological polar surface area (TPSA) is 29.1 Å². The highest BCUT2D eigenvalue weighted by Gasteiger charge is 2.22. The molecule has 0 radical (unpaired) electrons. The molecule has 0 aromatic carbocycles. The van der Waals surface area contributed by atoms with Crippen LogP contribution in [0.25, 0.3) is 0 Å². The zero-order valence-electron chi connectivity index (χ0n) is 21.9. The summed E-state index contributed by atoms with van der Waals surface area (Å²) in [5, 5.41) is 3.10. The van der Waals surface area contributed by atoms with Gasteiger partial charge in [0.2, 0.25) is 5.91 Å². The number of nitrogens with zero attached hydrogens (tertiary/aromatic N) is 1. The zero-order chi connectivity index (χ0) is 23.2. The van der Waals surface area contributed by atoms with E-state index < -0.39 is 0 Å². The van der Waals surface area contributed by atoms with Gasteiger partial charge in [-0.15, -0.1) is 0 Å². The number of carbonyl (C=O) groups is 1. The Morgan fingerprint density at radius 2 is 1.03 bits per heavy atom. The summed E-state index contributed by atoms with van der Waals surface area (Å²) in [6.07, 6.45) is 24.5. The molecule has 0 aliphatic heterocycles. The molecule has 3 heteroatoms. The third kappa shape index (κ3) is 19.6. The normalized spacial score (nSPS) is 11.6. The number of quaternary nitrogens is 1. The average molecular weight is 438 g/mol. The molecule has 0 spiro atoms. The fraction of sp³-hybridized carbons (Fsp3) is 0.893. The molecule has 0 fully saturated rings. The molecule has 0 heterocycles. The van der Waals surface area contributed by atoms with Crippen LogP contribution >= 0.6 is 0 Å². The van der Waals surface area contributed by atoms with Crippen LogP contribution in [0.1, 0.15) is 136 Å². The molecule has 0 aromatic heterocycles. The van der Waals surface area contributed by atoms with E-state index in [9.17, 15) is 4.79 Å². The maximum absolute atomic E-state index is 12.3. The van der Waals surface area contributed by atoms with Gasteiger partial charge in [0.25, 0.3) is 0 Å². The summed E-state index contributed by atoms with van der Waals surface area (Å²) in [5.74, 6) is 0.142. The minimum absolute atomic E-state index is 0.142. The van der Waals surface area contributed by atoms with E-state index in [0.29, 0.717) is 6.42 Å². The highest BCUT2D eigenvalue weighted by Crippen LogP contribution is 2.16. The van der Waals surface area contributed by atoms with Gasteiger partial charge in [-0.05, 0) is 25.8 Å². The summed E-state index contributed by atoms with van der Waals surface area (Å²) < 4.78 is 0.765. The van der Waals surface area contributed by atoms with E-state index in [-0.39, 0.29) is 5.91 Å². The van der Waals surface area contributed by atoms with Crippen LogP contribution in [0.4, 0.5) is 0 Å². The Kier molecular flexibility index (Phi) is 20.5. The van der Waals surface area contributed by atoms with Crippen molar-refractivity contribution in [2.75, 3.05) is 27.2 Å². The molecule has 0 aromatic rings. The molecular formula is C28H57N2O+. The predicted molar refractivity (Wildman–Crippen MR) is 138 cm³/mol. The first-order chi connectivity index (χ1) is 14.9. The fourth-order valence-electron chi connectivity index (χ4n) is 4.10. The number of nitrogens with one attached hydrogen (secondary N) is 1. The Hall–Kier alpha value is -0.830. The lowest BCUT2D eigenvalue weighted by molar-refractivity contribution is -0.853. The third-order valence-electron chi connectivity index (χ3n) is 6.64. The summed E-state index contributed by atoms with van der Waals surface area (Å²) in [5.41, 5.74) is 1.03. The van der Waals surface area contributed by atoms with Gasteiger partial charge in [0.15, 0.2) is 0 Å². The number of rotatable bonds is 23. The Labute approximate surface area is 196 Å². The lowest BCUT2D eigenvalue weighted by Gasteiger charge is -2.31. The highest BCUT2D eigenvalue weighted by molar-refractivity contribution is 5.77. The summed E-state index contributed by atoms with van der Waals surface area (Å²) in [6, 6.07) is 0. The summed E-state index contributed by atoms with van der Waals surface area (Å²) in [4.78, 5) is 12.3. The molecule has 31 heavy (non-hydrogen) atoms. The van der Waals surface area contributed by atoms with E-state index >= 15 is 0 Å². The first-order valence-electron chi connectivity index (χ1n) is 13.7. The molecule has 184 valence electrons. The van der Waals surface area contributed by atoms with Crippen LogP contribution in [-0.4, -0.2) is 37.6 Å². The second kappa shape index (κ2) is 21.0. The molecule has 0 bridgehead atoms. The molecule has 1 amide bonds. The number of hydrogen-bond donors (Lipinski definition) is 1. The Morgan fingerprint density at radius 1 is 0.645 bits per heavy atom. The fourth-order valence-corrected chi connectivity index (χ4v) is 4.10. The monoisotopic (exact) mass is 437 g/mol. The zero-order valence-corrected chi connectivity index (χ0v) is 21.9. The van der Waals surface area contributed by atoms with Gasteiger partial charge in [0.05, 0.1) is 20.6 Å². The molecule has 0 unspecified atom stereocenters. The Morgan fingerprint density at radius 3 is 1.48 bits per heavy atom. The van der Waals surface area contributed by atoms with Gasteiger partial charge in [0, 0.05) is 6.54 Å². The van der Waals surface area contributed by atoms with Crippen molar-refractivity contribution in [3.8, 4) is 0 Å². The largest absolute Gasteiger partial charge is 0.356 e. The van der Waals surface area contributed by atoms with Gasteiger partial charge in [-0.1, -0.05) is 110 Å². The van der Waals surface area contributed by atoms with Crippen LogP contribution in [-0.2, 0) is 4.79 Å². The van der Waals surface area contributed by atoms with Crippen molar-refractivity contribution in [2.24, 2.45) is 0 Å². The number of hydrogen-bond acceptors (Lipinski definition) is 1. The molecule has 0 aliphatic rings. The summed E-state index contributed by atoms with van der Waals surface area (Å²) >= 11 is 0. The second-order valence-corrected chi connectivity index (χ2v) is 10.2. The maximum Gasteiger partial charge on any atom is 0.229 e. The molecular weight excluding hydrogens is 380 g/mol. The smallest absolute Gasteiger partial charge is 0.229 e. The van der Waals surface area contributed by atoms with Crippen molar-refractivity contribution < 1.29 is 9.28 Å². The van der Waals surface area contributed by atoms with E-state index in [0.717, 1.165) is 29.7 Å². The van der Waals surface area contributed by atoms with E-state index in [2.05, 4.69) is 39.8 Å². The van der Waals surface area contributed by atoms with Crippen molar-refractivity contribution >= 4 is 5.91 Å². The summed E-state index contributed by atoms with van der Waals surface area (Å²) in [7, 11) is 4.39. The Balaban J connectivity index is 3.65. The van der Waals surface area contributed by atoms with Crippen LogP contribution in [0.3, 0.4) is 0 Å². The summed E-state index contributed by atoms with van der Waals surface area (Å²) in [6.45, 7) is 10.7.